The first-order valence-corrected chi connectivity index (χ1v) is 7.68. The Labute approximate surface area is 123 Å². The molecule has 102 valence electrons. The summed E-state index contributed by atoms with van der Waals surface area (Å²) in [7, 11) is 0. The van der Waals surface area contributed by atoms with Crippen LogP contribution in [0.5, 0.6) is 0 Å². The second kappa shape index (κ2) is 4.49. The molecule has 4 heteroatoms. The third kappa shape index (κ3) is 1.91. The van der Waals surface area contributed by atoms with Crippen LogP contribution >= 0.6 is 11.6 Å². The van der Waals surface area contributed by atoms with Gasteiger partial charge in [0.15, 0.2) is 0 Å². The Morgan fingerprint density at radius 2 is 1.90 bits per heavy atom. The highest BCUT2D eigenvalue weighted by Gasteiger charge is 2.41. The molecule has 3 heterocycles. The number of aromatic nitrogens is 1. The van der Waals surface area contributed by atoms with Crippen LogP contribution in [0.1, 0.15) is 44.1 Å². The summed E-state index contributed by atoms with van der Waals surface area (Å²) in [5, 5.41) is 9.53. The number of halogens is 1. The topological polar surface area (TPSA) is 39.9 Å². The van der Waals surface area contributed by atoms with E-state index in [1.807, 2.05) is 0 Å². The zero-order valence-corrected chi connectivity index (χ0v) is 12.0. The van der Waals surface area contributed by atoms with Crippen molar-refractivity contribution in [3.63, 3.8) is 0 Å². The molecule has 0 spiro atoms. The summed E-state index contributed by atoms with van der Waals surface area (Å²) < 4.78 is 0. The van der Waals surface area contributed by atoms with Gasteiger partial charge in [-0.2, -0.15) is 5.26 Å². The van der Waals surface area contributed by atoms with Crippen LogP contribution in [0.2, 0.25) is 5.02 Å². The van der Waals surface area contributed by atoms with E-state index in [1.165, 1.54) is 38.5 Å². The molecule has 1 saturated carbocycles. The Kier molecular flexibility index (Phi) is 2.75. The Morgan fingerprint density at radius 1 is 1.20 bits per heavy atom. The van der Waals surface area contributed by atoms with E-state index in [4.69, 9.17) is 16.9 Å². The minimum atomic E-state index is 0.531. The molecule has 2 aliphatic heterocycles. The van der Waals surface area contributed by atoms with Crippen LogP contribution < -0.4 is 4.90 Å². The van der Waals surface area contributed by atoms with Crippen LogP contribution in [0.25, 0.3) is 0 Å². The lowest BCUT2D eigenvalue weighted by Gasteiger charge is -2.37. The van der Waals surface area contributed by atoms with Gasteiger partial charge in [0.25, 0.3) is 0 Å². The number of fused-ring (bicyclic) bond motifs is 2. The summed E-state index contributed by atoms with van der Waals surface area (Å²) in [6.07, 6.45) is 9.12. The number of pyridine rings is 1. The van der Waals surface area contributed by atoms with Gasteiger partial charge in [-0.1, -0.05) is 22.7 Å². The van der Waals surface area contributed by atoms with Gasteiger partial charge in [0, 0.05) is 18.3 Å². The number of anilines is 1. The maximum atomic E-state index is 8.91. The number of allylic oxidation sites excluding steroid dienone is 1. The molecule has 3 fully saturated rings. The van der Waals surface area contributed by atoms with E-state index in [-0.39, 0.29) is 0 Å². The van der Waals surface area contributed by atoms with Gasteiger partial charge in [-0.15, -0.1) is 0 Å². The van der Waals surface area contributed by atoms with Crippen LogP contribution in [0.15, 0.2) is 23.4 Å². The van der Waals surface area contributed by atoms with Gasteiger partial charge in [0.1, 0.15) is 11.9 Å². The van der Waals surface area contributed by atoms with Crippen molar-refractivity contribution in [1.82, 2.24) is 4.98 Å². The third-order valence-electron chi connectivity index (χ3n) is 4.78. The average Bonchev–Trinajstić information content (AvgIpc) is 3.26. The lowest BCUT2D eigenvalue weighted by Crippen LogP contribution is -2.41. The molecule has 2 unspecified atom stereocenters. The van der Waals surface area contributed by atoms with E-state index in [0.29, 0.717) is 22.7 Å². The fourth-order valence-electron chi connectivity index (χ4n) is 3.75. The largest absolute Gasteiger partial charge is 0.349 e. The fraction of sp³-hybridized carbons (Fsp3) is 0.500. The van der Waals surface area contributed by atoms with Crippen LogP contribution in [-0.4, -0.2) is 17.1 Å². The summed E-state index contributed by atoms with van der Waals surface area (Å²) in [5.74, 6) is 0.873. The first kappa shape index (κ1) is 12.2. The minimum Gasteiger partial charge on any atom is -0.349 e. The molecule has 1 aromatic heterocycles. The SMILES string of the molecule is N#Cc1cnc(N2C3CCC2CC(=C2CC2)C3)c(Cl)c1. The van der Waals surface area contributed by atoms with E-state index in [1.54, 1.807) is 23.4 Å². The quantitative estimate of drug-likeness (QED) is 0.736. The highest BCUT2D eigenvalue weighted by atomic mass is 35.5. The number of nitrogens with zero attached hydrogens (tertiary/aromatic N) is 3. The van der Waals surface area contributed by atoms with Crippen LogP contribution in [0.4, 0.5) is 5.82 Å². The third-order valence-corrected chi connectivity index (χ3v) is 5.06. The molecule has 1 aliphatic carbocycles. The summed E-state index contributed by atoms with van der Waals surface area (Å²) in [6, 6.07) is 4.93. The zero-order valence-electron chi connectivity index (χ0n) is 11.3. The van der Waals surface area contributed by atoms with Crippen molar-refractivity contribution in [3.05, 3.63) is 34.0 Å². The Balaban J connectivity index is 1.67. The molecule has 2 bridgehead atoms. The molecule has 4 rings (SSSR count). The fourth-order valence-corrected chi connectivity index (χ4v) is 4.01. The molecular formula is C16H16ClN3. The highest BCUT2D eigenvalue weighted by molar-refractivity contribution is 6.33. The zero-order chi connectivity index (χ0) is 13.7. The van der Waals surface area contributed by atoms with Crippen LogP contribution in [-0.2, 0) is 0 Å². The lowest BCUT2D eigenvalue weighted by atomic mass is 9.95. The van der Waals surface area contributed by atoms with Gasteiger partial charge in [-0.05, 0) is 44.6 Å². The van der Waals surface area contributed by atoms with Gasteiger partial charge in [-0.25, -0.2) is 4.98 Å². The van der Waals surface area contributed by atoms with Crippen molar-refractivity contribution in [2.75, 3.05) is 4.90 Å². The molecule has 2 saturated heterocycles. The van der Waals surface area contributed by atoms with Crippen molar-refractivity contribution in [1.29, 1.82) is 5.26 Å². The molecule has 0 aromatic carbocycles. The number of rotatable bonds is 1. The summed E-state index contributed by atoms with van der Waals surface area (Å²) in [6.45, 7) is 0. The lowest BCUT2D eigenvalue weighted by molar-refractivity contribution is 0.543. The van der Waals surface area contributed by atoms with Crippen molar-refractivity contribution in [2.45, 2.75) is 50.6 Å². The predicted octanol–water partition coefficient (Wildman–Crippen LogP) is 3.83. The number of piperidine rings is 1. The molecule has 2 atom stereocenters. The second-order valence-electron chi connectivity index (χ2n) is 6.05. The van der Waals surface area contributed by atoms with Crippen molar-refractivity contribution in [2.24, 2.45) is 0 Å². The van der Waals surface area contributed by atoms with Gasteiger partial charge in [0.2, 0.25) is 0 Å². The molecule has 0 N–H and O–H groups in total. The summed E-state index contributed by atoms with van der Waals surface area (Å²) in [4.78, 5) is 6.87. The van der Waals surface area contributed by atoms with Crippen LogP contribution in [0, 0.1) is 11.3 Å². The monoisotopic (exact) mass is 285 g/mol. The minimum absolute atomic E-state index is 0.531. The Morgan fingerprint density at radius 3 is 2.45 bits per heavy atom. The Bertz CT molecular complexity index is 622. The summed E-state index contributed by atoms with van der Waals surface area (Å²) in [5.41, 5.74) is 3.95. The van der Waals surface area contributed by atoms with Crippen molar-refractivity contribution >= 4 is 17.4 Å². The maximum Gasteiger partial charge on any atom is 0.147 e. The molecular weight excluding hydrogens is 270 g/mol. The average molecular weight is 286 g/mol. The summed E-state index contributed by atoms with van der Waals surface area (Å²) >= 11 is 6.34. The van der Waals surface area contributed by atoms with E-state index in [2.05, 4.69) is 16.0 Å². The number of nitriles is 1. The maximum absolute atomic E-state index is 8.91. The van der Waals surface area contributed by atoms with Crippen molar-refractivity contribution in [3.8, 4) is 6.07 Å². The smallest absolute Gasteiger partial charge is 0.147 e. The van der Waals surface area contributed by atoms with E-state index < -0.39 is 0 Å². The Hall–Kier alpha value is -1.53. The van der Waals surface area contributed by atoms with Gasteiger partial charge in [0.05, 0.1) is 10.6 Å². The highest BCUT2D eigenvalue weighted by Crippen LogP contribution is 2.46. The number of hydrogen-bond acceptors (Lipinski definition) is 3. The van der Waals surface area contributed by atoms with Gasteiger partial charge in [-0.3, -0.25) is 0 Å². The van der Waals surface area contributed by atoms with Crippen molar-refractivity contribution < 1.29 is 0 Å². The van der Waals surface area contributed by atoms with E-state index >= 15 is 0 Å². The molecule has 3 aliphatic rings. The normalized spacial score (nSPS) is 27.7. The van der Waals surface area contributed by atoms with Gasteiger partial charge < -0.3 is 4.90 Å². The number of hydrogen-bond donors (Lipinski definition) is 0. The molecule has 0 radical (unpaired) electrons. The molecule has 3 nitrogen and oxygen atoms in total. The first-order valence-electron chi connectivity index (χ1n) is 7.30. The standard InChI is InChI=1S/C16H16ClN3/c17-15-5-10(8-18)9-19-16(15)20-13-3-4-14(20)7-12(6-13)11-1-2-11/h5,9,13-14H,1-4,6-7H2. The van der Waals surface area contributed by atoms with Gasteiger partial charge >= 0.3 is 0 Å². The van der Waals surface area contributed by atoms with E-state index in [9.17, 15) is 0 Å². The second-order valence-corrected chi connectivity index (χ2v) is 6.46. The van der Waals surface area contributed by atoms with Crippen LogP contribution in [0.3, 0.4) is 0 Å². The molecule has 1 aromatic rings. The molecule has 0 amide bonds. The molecule has 20 heavy (non-hydrogen) atoms. The van der Waals surface area contributed by atoms with E-state index in [0.717, 1.165) is 5.82 Å². The first-order chi connectivity index (χ1) is 9.76. The predicted molar refractivity (Wildman–Crippen MR) is 78.7 cm³/mol.